The highest BCUT2D eigenvalue weighted by atomic mass is 32.1. The highest BCUT2D eigenvalue weighted by molar-refractivity contribution is 7.80. The van der Waals surface area contributed by atoms with E-state index in [0.29, 0.717) is 6.04 Å². The first kappa shape index (κ1) is 12.8. The summed E-state index contributed by atoms with van der Waals surface area (Å²) in [6, 6.07) is 0.649. The van der Waals surface area contributed by atoms with Crippen molar-refractivity contribution in [3.63, 3.8) is 0 Å². The molecular formula is C12H24N2S. The minimum Gasteiger partial charge on any atom is -0.363 e. The van der Waals surface area contributed by atoms with Gasteiger partial charge in [0.25, 0.3) is 0 Å². The van der Waals surface area contributed by atoms with Crippen LogP contribution in [0.4, 0.5) is 0 Å². The first-order valence-corrected chi connectivity index (χ1v) is 6.58. The van der Waals surface area contributed by atoms with Crippen LogP contribution in [-0.2, 0) is 0 Å². The molecular weight excluding hydrogens is 204 g/mol. The Kier molecular flexibility index (Phi) is 5.37. The largest absolute Gasteiger partial charge is 0.363 e. The second-order valence-electron chi connectivity index (χ2n) is 4.67. The first-order chi connectivity index (χ1) is 7.16. The Hall–Kier alpha value is -0.310. The summed E-state index contributed by atoms with van der Waals surface area (Å²) >= 11 is 5.39. The van der Waals surface area contributed by atoms with Crippen molar-refractivity contribution in [2.24, 2.45) is 5.92 Å². The van der Waals surface area contributed by atoms with E-state index in [1.54, 1.807) is 0 Å². The third-order valence-corrected chi connectivity index (χ3v) is 3.84. The number of thiocarbonyl (C=S) groups is 1. The molecule has 1 aliphatic rings. The zero-order valence-electron chi connectivity index (χ0n) is 10.3. The van der Waals surface area contributed by atoms with Gasteiger partial charge in [-0.15, -0.1) is 0 Å². The van der Waals surface area contributed by atoms with E-state index in [4.69, 9.17) is 12.2 Å². The van der Waals surface area contributed by atoms with E-state index < -0.39 is 0 Å². The summed E-state index contributed by atoms with van der Waals surface area (Å²) in [6.45, 7) is 5.51. The third kappa shape index (κ3) is 3.63. The Morgan fingerprint density at radius 1 is 1.40 bits per heavy atom. The molecule has 0 heterocycles. The summed E-state index contributed by atoms with van der Waals surface area (Å²) in [7, 11) is 2.14. The average Bonchev–Trinajstić information content (AvgIpc) is 2.25. The van der Waals surface area contributed by atoms with Gasteiger partial charge in [0.1, 0.15) is 0 Å². The molecule has 1 aliphatic carbocycles. The van der Waals surface area contributed by atoms with Crippen molar-refractivity contribution in [2.75, 3.05) is 13.6 Å². The average molecular weight is 228 g/mol. The van der Waals surface area contributed by atoms with Crippen molar-refractivity contribution >= 4 is 17.3 Å². The number of nitrogens with one attached hydrogen (secondary N) is 1. The van der Waals surface area contributed by atoms with Gasteiger partial charge in [-0.3, -0.25) is 0 Å². The molecule has 3 heteroatoms. The predicted molar refractivity (Wildman–Crippen MR) is 70.1 cm³/mol. The van der Waals surface area contributed by atoms with Crippen molar-refractivity contribution in [1.82, 2.24) is 10.2 Å². The fourth-order valence-electron chi connectivity index (χ4n) is 2.38. The van der Waals surface area contributed by atoms with Crippen molar-refractivity contribution < 1.29 is 0 Å². The summed E-state index contributed by atoms with van der Waals surface area (Å²) in [5.41, 5.74) is 0. The van der Waals surface area contributed by atoms with Gasteiger partial charge in [-0.1, -0.05) is 26.7 Å². The highest BCUT2D eigenvalue weighted by Crippen LogP contribution is 2.27. The Balaban J connectivity index is 2.42. The SMILES string of the molecule is CCCNC(=S)N(C)C1CCCCC1C. The summed E-state index contributed by atoms with van der Waals surface area (Å²) in [4.78, 5) is 2.27. The van der Waals surface area contributed by atoms with Crippen LogP contribution in [0.1, 0.15) is 46.0 Å². The summed E-state index contributed by atoms with van der Waals surface area (Å²) < 4.78 is 0. The van der Waals surface area contributed by atoms with E-state index in [-0.39, 0.29) is 0 Å². The maximum absolute atomic E-state index is 5.39. The van der Waals surface area contributed by atoms with E-state index in [1.807, 2.05) is 0 Å². The number of hydrogen-bond donors (Lipinski definition) is 1. The predicted octanol–water partition coefficient (Wildman–Crippen LogP) is 2.78. The minimum absolute atomic E-state index is 0.649. The fraction of sp³-hybridized carbons (Fsp3) is 0.917. The quantitative estimate of drug-likeness (QED) is 0.748. The van der Waals surface area contributed by atoms with Crippen LogP contribution in [0.5, 0.6) is 0 Å². The molecule has 0 saturated heterocycles. The third-order valence-electron chi connectivity index (χ3n) is 3.41. The highest BCUT2D eigenvalue weighted by Gasteiger charge is 2.25. The fourth-order valence-corrected chi connectivity index (χ4v) is 2.62. The van der Waals surface area contributed by atoms with E-state index in [1.165, 1.54) is 25.7 Å². The molecule has 88 valence electrons. The van der Waals surface area contributed by atoms with Crippen LogP contribution in [0.3, 0.4) is 0 Å². The number of rotatable bonds is 3. The molecule has 1 rings (SSSR count). The van der Waals surface area contributed by atoms with E-state index in [9.17, 15) is 0 Å². The van der Waals surface area contributed by atoms with Gasteiger partial charge in [0.05, 0.1) is 0 Å². The van der Waals surface area contributed by atoms with E-state index in [0.717, 1.165) is 24.0 Å². The normalized spacial score (nSPS) is 26.1. The van der Waals surface area contributed by atoms with Gasteiger partial charge >= 0.3 is 0 Å². The summed E-state index contributed by atoms with van der Waals surface area (Å²) in [6.07, 6.45) is 6.53. The second-order valence-corrected chi connectivity index (χ2v) is 5.06. The standard InChI is InChI=1S/C12H24N2S/c1-4-9-13-12(15)14(3)11-8-6-5-7-10(11)2/h10-11H,4-9H2,1-3H3,(H,13,15). The lowest BCUT2D eigenvalue weighted by atomic mass is 9.85. The monoisotopic (exact) mass is 228 g/mol. The van der Waals surface area contributed by atoms with Crippen molar-refractivity contribution in [3.8, 4) is 0 Å². The van der Waals surface area contributed by atoms with Crippen molar-refractivity contribution in [3.05, 3.63) is 0 Å². The molecule has 2 nitrogen and oxygen atoms in total. The van der Waals surface area contributed by atoms with Gasteiger partial charge < -0.3 is 10.2 Å². The molecule has 0 bridgehead atoms. The molecule has 2 unspecified atom stereocenters. The molecule has 1 fully saturated rings. The molecule has 0 spiro atoms. The molecule has 2 atom stereocenters. The second kappa shape index (κ2) is 6.31. The Morgan fingerprint density at radius 3 is 2.67 bits per heavy atom. The van der Waals surface area contributed by atoms with Gasteiger partial charge in [0, 0.05) is 19.6 Å². The van der Waals surface area contributed by atoms with E-state index >= 15 is 0 Å². The van der Waals surface area contributed by atoms with Crippen molar-refractivity contribution in [1.29, 1.82) is 0 Å². The first-order valence-electron chi connectivity index (χ1n) is 6.17. The van der Waals surface area contributed by atoms with Crippen LogP contribution in [0.25, 0.3) is 0 Å². The van der Waals surface area contributed by atoms with Gasteiger partial charge in [-0.2, -0.15) is 0 Å². The Bertz CT molecular complexity index is 206. The maximum atomic E-state index is 5.39. The topological polar surface area (TPSA) is 15.3 Å². The molecule has 0 aromatic rings. The van der Waals surface area contributed by atoms with Crippen LogP contribution < -0.4 is 5.32 Å². The minimum atomic E-state index is 0.649. The molecule has 0 radical (unpaired) electrons. The molecule has 15 heavy (non-hydrogen) atoms. The molecule has 0 aromatic heterocycles. The van der Waals surface area contributed by atoms with Crippen LogP contribution in [0, 0.1) is 5.92 Å². The number of nitrogens with zero attached hydrogens (tertiary/aromatic N) is 1. The molecule has 0 aliphatic heterocycles. The Morgan fingerprint density at radius 2 is 2.07 bits per heavy atom. The molecule has 0 aromatic carbocycles. The summed E-state index contributed by atoms with van der Waals surface area (Å²) in [5, 5.41) is 4.23. The smallest absolute Gasteiger partial charge is 0.168 e. The maximum Gasteiger partial charge on any atom is 0.168 e. The lowest BCUT2D eigenvalue weighted by Crippen LogP contribution is -2.47. The van der Waals surface area contributed by atoms with Crippen LogP contribution >= 0.6 is 12.2 Å². The van der Waals surface area contributed by atoms with E-state index in [2.05, 4.69) is 31.1 Å². The summed E-state index contributed by atoms with van der Waals surface area (Å²) in [5.74, 6) is 0.783. The lowest BCUT2D eigenvalue weighted by Gasteiger charge is -2.37. The van der Waals surface area contributed by atoms with Gasteiger partial charge in [-0.05, 0) is 37.4 Å². The number of hydrogen-bond acceptors (Lipinski definition) is 1. The zero-order valence-corrected chi connectivity index (χ0v) is 11.1. The van der Waals surface area contributed by atoms with Gasteiger partial charge in [0.15, 0.2) is 5.11 Å². The molecule has 0 amide bonds. The molecule has 1 N–H and O–H groups in total. The lowest BCUT2D eigenvalue weighted by molar-refractivity contribution is 0.204. The Labute approximate surface area is 99.4 Å². The zero-order chi connectivity index (χ0) is 11.3. The van der Waals surface area contributed by atoms with Crippen LogP contribution in [0.15, 0.2) is 0 Å². The van der Waals surface area contributed by atoms with Crippen LogP contribution in [0.2, 0.25) is 0 Å². The van der Waals surface area contributed by atoms with Gasteiger partial charge in [-0.25, -0.2) is 0 Å². The van der Waals surface area contributed by atoms with Crippen molar-refractivity contribution in [2.45, 2.75) is 52.0 Å². The van der Waals surface area contributed by atoms with Gasteiger partial charge in [0.2, 0.25) is 0 Å². The molecule has 1 saturated carbocycles. The van der Waals surface area contributed by atoms with Crippen LogP contribution in [-0.4, -0.2) is 29.6 Å².